The number of benzene rings is 5. The molecule has 3 atom stereocenters. The van der Waals surface area contributed by atoms with Crippen molar-refractivity contribution >= 4 is 41.4 Å². The predicted molar refractivity (Wildman–Crippen MR) is 222 cm³/mol. The van der Waals surface area contributed by atoms with E-state index < -0.39 is 65.9 Å². The van der Waals surface area contributed by atoms with Gasteiger partial charge in [-0.05, 0) is 52.8 Å². The van der Waals surface area contributed by atoms with Crippen molar-refractivity contribution in [2.45, 2.75) is 48.9 Å². The van der Waals surface area contributed by atoms with Crippen molar-refractivity contribution in [2.24, 2.45) is 0 Å². The topological polar surface area (TPSA) is 151 Å². The molecular formula is C47H43N3O8S. The van der Waals surface area contributed by atoms with Crippen molar-refractivity contribution in [3.8, 4) is 0 Å². The van der Waals surface area contributed by atoms with E-state index in [0.717, 1.165) is 22.3 Å². The molecule has 0 bridgehead atoms. The lowest BCUT2D eigenvalue weighted by atomic mass is 10.0. The maximum atomic E-state index is 13.9. The van der Waals surface area contributed by atoms with Crippen LogP contribution in [0.5, 0.6) is 0 Å². The molecule has 11 nitrogen and oxygen atoms in total. The van der Waals surface area contributed by atoms with Crippen molar-refractivity contribution in [2.75, 3.05) is 12.4 Å². The molecule has 1 saturated heterocycles. The summed E-state index contributed by atoms with van der Waals surface area (Å²) in [4.78, 5) is 69.4. The van der Waals surface area contributed by atoms with Crippen LogP contribution in [0.1, 0.15) is 64.1 Å². The molecule has 300 valence electrons. The van der Waals surface area contributed by atoms with E-state index in [4.69, 9.17) is 9.47 Å². The van der Waals surface area contributed by atoms with Gasteiger partial charge in [-0.25, -0.2) is 9.59 Å². The van der Waals surface area contributed by atoms with Crippen molar-refractivity contribution in [1.82, 2.24) is 15.5 Å². The molecule has 0 aliphatic carbocycles. The third kappa shape index (κ3) is 9.63. The third-order valence-corrected chi connectivity index (χ3v) is 11.5. The summed E-state index contributed by atoms with van der Waals surface area (Å²) >= 11 is 1.33. The highest BCUT2D eigenvalue weighted by molar-refractivity contribution is 8.00. The quantitative estimate of drug-likeness (QED) is 0.0775. The number of hydrogen-bond acceptors (Lipinski definition) is 9. The number of esters is 2. The Kier molecular flexibility index (Phi) is 13.3. The molecule has 1 fully saturated rings. The van der Waals surface area contributed by atoms with Gasteiger partial charge >= 0.3 is 11.9 Å². The average molecular weight is 810 g/mol. The molecule has 0 spiro atoms. The second-order valence-electron chi connectivity index (χ2n) is 14.1. The zero-order chi connectivity index (χ0) is 41.1. The average Bonchev–Trinajstić information content (AvgIpc) is 3.29. The Hall–Kier alpha value is -6.50. The standard InChI is InChI=1S/C47H43N3O8S/c51-29-36-30-59-45-39(44(54)50(45)40(36)47(56)58-42(33-21-10-3-11-22-33)34-23-12-4-13-24-34)49-38(52)28-16-27-37(48-43(53)35-25-14-5-15-26-35)46(55)57-41(31-17-6-1-7-18-31)32-19-8-2-9-20-32/h1-15,17-26,37,39,41-42,45,51H,16,27-30H2,(H,48,53)(H,49,52)/t37-,39-,45-/m1/s1. The van der Waals surface area contributed by atoms with Crippen LogP contribution >= 0.6 is 11.8 Å². The van der Waals surface area contributed by atoms with Gasteiger partial charge in [0.15, 0.2) is 12.2 Å². The van der Waals surface area contributed by atoms with E-state index in [1.165, 1.54) is 16.7 Å². The van der Waals surface area contributed by atoms with Crippen LogP contribution in [0.25, 0.3) is 0 Å². The Morgan fingerprint density at radius 2 is 1.17 bits per heavy atom. The number of amides is 3. The minimum absolute atomic E-state index is 0.0246. The van der Waals surface area contributed by atoms with Gasteiger partial charge in [0.1, 0.15) is 23.2 Å². The van der Waals surface area contributed by atoms with Crippen molar-refractivity contribution in [3.63, 3.8) is 0 Å². The van der Waals surface area contributed by atoms with Gasteiger partial charge in [0.2, 0.25) is 5.91 Å². The van der Waals surface area contributed by atoms with E-state index in [1.807, 2.05) is 121 Å². The van der Waals surface area contributed by atoms with Gasteiger partial charge in [-0.3, -0.25) is 19.3 Å². The van der Waals surface area contributed by atoms with E-state index in [2.05, 4.69) is 10.6 Å². The smallest absolute Gasteiger partial charge is 0.356 e. The summed E-state index contributed by atoms with van der Waals surface area (Å²) < 4.78 is 12.2. The maximum Gasteiger partial charge on any atom is 0.356 e. The first-order valence-electron chi connectivity index (χ1n) is 19.4. The summed E-state index contributed by atoms with van der Waals surface area (Å²) in [6.07, 6.45) is -1.31. The number of nitrogens with one attached hydrogen (secondary N) is 2. The van der Waals surface area contributed by atoms with Gasteiger partial charge in [0, 0.05) is 17.7 Å². The summed E-state index contributed by atoms with van der Waals surface area (Å²) in [5.41, 5.74) is 3.67. The molecule has 0 radical (unpaired) electrons. The molecule has 2 aliphatic rings. The number of aliphatic hydroxyl groups is 1. The van der Waals surface area contributed by atoms with Crippen LogP contribution in [0, 0.1) is 0 Å². The lowest BCUT2D eigenvalue weighted by Gasteiger charge is -2.49. The highest BCUT2D eigenvalue weighted by Gasteiger charge is 2.54. The summed E-state index contributed by atoms with van der Waals surface area (Å²) in [5, 5.41) is 15.2. The van der Waals surface area contributed by atoms with Crippen molar-refractivity contribution in [1.29, 1.82) is 0 Å². The zero-order valence-corrected chi connectivity index (χ0v) is 32.8. The fourth-order valence-corrected chi connectivity index (χ4v) is 8.45. The SMILES string of the molecule is O=C(CCC[C@@H](NC(=O)c1ccccc1)C(=O)OC(c1ccccc1)c1ccccc1)N[C@@H]1C(=O)N2C(C(=O)OC(c3ccccc3)c3ccccc3)=C(CO)CS[C@H]12. The van der Waals surface area contributed by atoms with E-state index in [1.54, 1.807) is 30.3 Å². The van der Waals surface area contributed by atoms with Crippen LogP contribution in [-0.4, -0.2) is 69.5 Å². The normalized spacial score (nSPS) is 16.5. The fraction of sp³-hybridized carbons (Fsp3) is 0.213. The zero-order valence-electron chi connectivity index (χ0n) is 32.0. The minimum Gasteiger partial charge on any atom is -0.451 e. The lowest BCUT2D eigenvalue weighted by molar-refractivity contribution is -0.154. The van der Waals surface area contributed by atoms with E-state index >= 15 is 0 Å². The number of thioether (sulfide) groups is 1. The molecule has 2 aliphatic heterocycles. The molecule has 2 heterocycles. The second kappa shape index (κ2) is 19.3. The van der Waals surface area contributed by atoms with Gasteiger partial charge in [-0.15, -0.1) is 11.8 Å². The summed E-state index contributed by atoms with van der Waals surface area (Å²) in [6.45, 7) is -0.450. The molecule has 0 aromatic heterocycles. The number of nitrogens with zero attached hydrogens (tertiary/aromatic N) is 1. The summed E-state index contributed by atoms with van der Waals surface area (Å²) in [7, 11) is 0. The van der Waals surface area contributed by atoms with Crippen LogP contribution in [0.15, 0.2) is 163 Å². The molecular weight excluding hydrogens is 767 g/mol. The fourth-order valence-electron chi connectivity index (χ4n) is 7.12. The molecule has 0 unspecified atom stereocenters. The highest BCUT2D eigenvalue weighted by atomic mass is 32.2. The van der Waals surface area contributed by atoms with Crippen LogP contribution < -0.4 is 10.6 Å². The van der Waals surface area contributed by atoms with Crippen LogP contribution in [0.4, 0.5) is 0 Å². The summed E-state index contributed by atoms with van der Waals surface area (Å²) in [6, 6.07) is 43.6. The first-order valence-corrected chi connectivity index (χ1v) is 20.4. The molecule has 3 amide bonds. The number of fused-ring (bicyclic) bond motifs is 1. The molecule has 12 heteroatoms. The monoisotopic (exact) mass is 809 g/mol. The lowest BCUT2D eigenvalue weighted by Crippen LogP contribution is -2.70. The van der Waals surface area contributed by atoms with Gasteiger partial charge < -0.3 is 25.2 Å². The number of β-lactam (4-membered cyclic amide) rings is 1. The van der Waals surface area contributed by atoms with Crippen molar-refractivity contribution < 1.29 is 38.6 Å². The largest absolute Gasteiger partial charge is 0.451 e. The van der Waals surface area contributed by atoms with Gasteiger partial charge in [-0.2, -0.15) is 0 Å². The third-order valence-electron chi connectivity index (χ3n) is 10.1. The Bertz CT molecular complexity index is 2200. The van der Waals surface area contributed by atoms with E-state index in [-0.39, 0.29) is 30.7 Å². The second-order valence-corrected chi connectivity index (χ2v) is 15.2. The number of carbonyl (C=O) groups is 5. The highest BCUT2D eigenvalue weighted by Crippen LogP contribution is 2.41. The Labute approximate surface area is 346 Å². The molecule has 3 N–H and O–H groups in total. The van der Waals surface area contributed by atoms with Gasteiger partial charge in [-0.1, -0.05) is 140 Å². The van der Waals surface area contributed by atoms with Crippen LogP contribution in [-0.2, 0) is 28.7 Å². The molecule has 5 aromatic carbocycles. The molecule has 7 rings (SSSR count). The Balaban J connectivity index is 1.01. The summed E-state index contributed by atoms with van der Waals surface area (Å²) in [5.74, 6) is -2.58. The van der Waals surface area contributed by atoms with E-state index in [9.17, 15) is 29.1 Å². The Morgan fingerprint density at radius 3 is 1.66 bits per heavy atom. The predicted octanol–water partition coefficient (Wildman–Crippen LogP) is 6.27. The number of hydrogen-bond donors (Lipinski definition) is 3. The van der Waals surface area contributed by atoms with Gasteiger partial charge in [0.25, 0.3) is 11.8 Å². The first kappa shape index (κ1) is 40.7. The van der Waals surface area contributed by atoms with Crippen LogP contribution in [0.2, 0.25) is 0 Å². The molecule has 5 aromatic rings. The molecule has 0 saturated carbocycles. The van der Waals surface area contributed by atoms with Crippen LogP contribution in [0.3, 0.4) is 0 Å². The van der Waals surface area contributed by atoms with Crippen molar-refractivity contribution in [3.05, 3.63) is 191 Å². The number of rotatable bonds is 16. The first-order chi connectivity index (χ1) is 28.8. The number of ether oxygens (including phenoxy) is 2. The van der Waals surface area contributed by atoms with Gasteiger partial charge in [0.05, 0.1) is 6.61 Å². The minimum atomic E-state index is -1.09. The maximum absolute atomic E-state index is 13.9. The number of carbonyl (C=O) groups excluding carboxylic acids is 5. The Morgan fingerprint density at radius 1 is 0.695 bits per heavy atom. The van der Waals surface area contributed by atoms with E-state index in [0.29, 0.717) is 11.1 Å². The molecule has 59 heavy (non-hydrogen) atoms. The number of aliphatic hydroxyl groups excluding tert-OH is 1.